The van der Waals surface area contributed by atoms with Crippen LogP contribution in [0.5, 0.6) is 5.75 Å². The number of carbonyl (C=O) groups is 1. The first-order chi connectivity index (χ1) is 19.1. The first-order valence-electron chi connectivity index (χ1n) is 12.6. The van der Waals surface area contributed by atoms with E-state index in [1.807, 2.05) is 80.4 Å². The van der Waals surface area contributed by atoms with Crippen molar-refractivity contribution in [3.63, 3.8) is 0 Å². The topological polar surface area (TPSA) is 96.7 Å². The number of hydrogen-bond acceptors (Lipinski definition) is 5. The third kappa shape index (κ3) is 5.30. The molecule has 6 nitrogen and oxygen atoms in total. The molecule has 40 heavy (non-hydrogen) atoms. The molecule has 3 atom stereocenters. The lowest BCUT2D eigenvalue weighted by Gasteiger charge is -2.25. The molecule has 3 aromatic carbocycles. The van der Waals surface area contributed by atoms with Crippen LogP contribution in [-0.2, 0) is 9.36 Å². The van der Waals surface area contributed by atoms with E-state index in [0.29, 0.717) is 28.1 Å². The van der Waals surface area contributed by atoms with E-state index in [1.165, 1.54) is 12.1 Å². The van der Waals surface area contributed by atoms with Gasteiger partial charge in [-0.05, 0) is 46.6 Å². The van der Waals surface area contributed by atoms with Crippen LogP contribution >= 0.6 is 8.03 Å². The number of nitrogens with zero attached hydrogens (tertiary/aromatic N) is 1. The lowest BCUT2D eigenvalue weighted by molar-refractivity contribution is -0.138. The first-order valence-corrected chi connectivity index (χ1v) is 13.8. The van der Waals surface area contributed by atoms with Gasteiger partial charge in [0.1, 0.15) is 11.9 Å². The van der Waals surface area contributed by atoms with E-state index in [1.54, 1.807) is 12.1 Å². The van der Waals surface area contributed by atoms with E-state index < -0.39 is 31.1 Å². The number of ether oxygens (including phenoxy) is 1. The number of esters is 1. The number of benzene rings is 3. The highest BCUT2D eigenvalue weighted by atomic mass is 31.1. The third-order valence-electron chi connectivity index (χ3n) is 6.60. The Hall–Kier alpha value is -4.21. The largest absolute Gasteiger partial charge is 0.540 e. The second-order valence-electron chi connectivity index (χ2n) is 9.57. The Labute approximate surface area is 233 Å². The van der Waals surface area contributed by atoms with Gasteiger partial charge < -0.3 is 9.84 Å². The van der Waals surface area contributed by atoms with Crippen molar-refractivity contribution >= 4 is 14.0 Å². The van der Waals surface area contributed by atoms with Crippen LogP contribution < -0.4 is 4.74 Å². The molecule has 0 saturated carbocycles. The fourth-order valence-electron chi connectivity index (χ4n) is 4.48. The quantitative estimate of drug-likeness (QED) is 0.142. The summed E-state index contributed by atoms with van der Waals surface area (Å²) < 4.78 is 32.3. The highest BCUT2D eigenvalue weighted by molar-refractivity contribution is 7.42. The number of rotatable bonds is 8. The van der Waals surface area contributed by atoms with E-state index in [2.05, 4.69) is 0 Å². The van der Waals surface area contributed by atoms with Gasteiger partial charge in [-0.25, -0.2) is 14.2 Å². The van der Waals surface area contributed by atoms with E-state index in [4.69, 9.17) is 16.1 Å². The van der Waals surface area contributed by atoms with Gasteiger partial charge in [-0.3, -0.25) is 0 Å². The Bertz CT molecular complexity index is 1580. The van der Waals surface area contributed by atoms with Gasteiger partial charge in [0.15, 0.2) is 5.75 Å². The average Bonchev–Trinajstić information content (AvgIpc) is 2.94. The number of carbonyl (C=O) groups excluding carboxylic acids is 1. The van der Waals surface area contributed by atoms with E-state index >= 15 is 0 Å². The zero-order chi connectivity index (χ0) is 29.0. The van der Waals surface area contributed by atoms with Gasteiger partial charge in [0.05, 0.1) is 11.4 Å². The van der Waals surface area contributed by atoms with Gasteiger partial charge in [0, 0.05) is 16.7 Å². The molecule has 0 saturated heterocycles. The molecule has 0 aliphatic carbocycles. The number of halogens is 1. The van der Waals surface area contributed by atoms with Crippen LogP contribution in [0, 0.1) is 18.2 Å². The number of terminal acetylenes is 1. The van der Waals surface area contributed by atoms with Crippen molar-refractivity contribution in [2.75, 3.05) is 0 Å². The molecule has 0 amide bonds. The number of aliphatic hydroxyl groups is 1. The van der Waals surface area contributed by atoms with Crippen LogP contribution in [0.2, 0.25) is 0 Å². The molecular weight excluding hydrogens is 528 g/mol. The Kier molecular flexibility index (Phi) is 8.56. The minimum absolute atomic E-state index is 0.00210. The molecule has 0 bridgehead atoms. The van der Waals surface area contributed by atoms with E-state index in [-0.39, 0.29) is 11.7 Å². The molecule has 0 radical (unpaired) electrons. The fourth-order valence-corrected chi connectivity index (χ4v) is 5.11. The predicted octanol–water partition coefficient (Wildman–Crippen LogP) is 6.74. The third-order valence-corrected chi connectivity index (χ3v) is 7.89. The minimum Gasteiger partial charge on any atom is -0.419 e. The van der Waals surface area contributed by atoms with Crippen LogP contribution in [0.4, 0.5) is 4.39 Å². The lowest BCUT2D eigenvalue weighted by atomic mass is 9.88. The van der Waals surface area contributed by atoms with Crippen molar-refractivity contribution in [1.29, 1.82) is 0 Å². The normalized spacial score (nSPS) is 13.7. The summed E-state index contributed by atoms with van der Waals surface area (Å²) in [6, 6.07) is 24.5. The summed E-state index contributed by atoms with van der Waals surface area (Å²) in [5, 5.41) is 7.84. The molecule has 1 heterocycles. The summed E-state index contributed by atoms with van der Waals surface area (Å²) in [5.41, 5.74) is 4.04. The molecule has 0 fully saturated rings. The molecular formula is C32H28FNO5P+. The van der Waals surface area contributed by atoms with Crippen LogP contribution in [0.3, 0.4) is 0 Å². The second kappa shape index (κ2) is 11.9. The maximum atomic E-state index is 14.1. The van der Waals surface area contributed by atoms with Crippen LogP contribution in [0.1, 0.15) is 32.4 Å². The molecule has 8 heteroatoms. The minimum atomic E-state index is -3.39. The number of aliphatic hydroxyl groups excluding tert-OH is 1. The molecule has 0 aliphatic rings. The van der Waals surface area contributed by atoms with Gasteiger partial charge in [-0.2, -0.15) is 4.89 Å². The van der Waals surface area contributed by atoms with Crippen molar-refractivity contribution in [2.45, 2.75) is 37.9 Å². The molecule has 0 spiro atoms. The molecule has 4 rings (SSSR count). The van der Waals surface area contributed by atoms with E-state index in [9.17, 15) is 23.7 Å². The zero-order valence-corrected chi connectivity index (χ0v) is 23.1. The Morgan fingerprint density at radius 3 is 1.93 bits per heavy atom. The maximum absolute atomic E-state index is 14.1. The summed E-state index contributed by atoms with van der Waals surface area (Å²) in [4.78, 5) is 28.6. The van der Waals surface area contributed by atoms with Gasteiger partial charge >= 0.3 is 19.2 Å². The Morgan fingerprint density at radius 2 is 1.45 bits per heavy atom. The number of hydrogen-bond donors (Lipinski definition) is 2. The number of aromatic nitrogens is 1. The fraction of sp³-hybridized carbons (Fsp3) is 0.188. The lowest BCUT2D eigenvalue weighted by Crippen LogP contribution is -2.46. The Morgan fingerprint density at radius 1 is 0.925 bits per heavy atom. The second-order valence-corrected chi connectivity index (χ2v) is 10.8. The van der Waals surface area contributed by atoms with E-state index in [0.717, 1.165) is 18.1 Å². The first kappa shape index (κ1) is 28.8. The molecule has 2 N–H and O–H groups in total. The maximum Gasteiger partial charge on any atom is 0.540 e. The van der Waals surface area contributed by atoms with Crippen LogP contribution in [0.15, 0.2) is 84.9 Å². The van der Waals surface area contributed by atoms with Crippen LogP contribution in [-0.4, -0.2) is 32.2 Å². The SMILES string of the molecule is C#CC(C(=O)Oc1c(C(C)C)nc(-c2ccccc2)c(-c2ccccc2)c1-c1ccc(F)cc1)(C(C)O)[P+](=O)O. The monoisotopic (exact) mass is 556 g/mol. The van der Waals surface area contributed by atoms with Crippen molar-refractivity contribution in [3.05, 3.63) is 96.4 Å². The average molecular weight is 557 g/mol. The smallest absolute Gasteiger partial charge is 0.419 e. The molecule has 4 aromatic rings. The molecule has 202 valence electrons. The molecule has 3 unspecified atom stereocenters. The van der Waals surface area contributed by atoms with Crippen molar-refractivity contribution < 1.29 is 28.5 Å². The summed E-state index contributed by atoms with van der Waals surface area (Å²) in [6.45, 7) is 4.88. The number of pyridine rings is 1. The van der Waals surface area contributed by atoms with Crippen LogP contribution in [0.25, 0.3) is 33.5 Å². The Balaban J connectivity index is 2.16. The summed E-state index contributed by atoms with van der Waals surface area (Å²) in [7, 11) is -3.39. The van der Waals surface area contributed by atoms with Crippen molar-refractivity contribution in [2.24, 2.45) is 0 Å². The summed E-state index contributed by atoms with van der Waals surface area (Å²) >= 11 is 0. The highest BCUT2D eigenvalue weighted by Gasteiger charge is 2.62. The molecule has 1 aromatic heterocycles. The van der Waals surface area contributed by atoms with Gasteiger partial charge in [0.2, 0.25) is 0 Å². The molecule has 0 aliphatic heterocycles. The standard InChI is InChI=1S/C32H27FNO5P/c1-5-32(21(4)35,40(37)38)31(36)39-30-27(23-16-18-25(33)19-17-23)26(22-12-8-6-9-13-22)29(34-28(30)20(2)3)24-14-10-7-11-15-24/h1,6-21,35H,2-4H3/p+1. The summed E-state index contributed by atoms with van der Waals surface area (Å²) in [5.74, 6) is -0.00771. The summed E-state index contributed by atoms with van der Waals surface area (Å²) in [6.07, 6.45) is 3.84. The van der Waals surface area contributed by atoms with Crippen molar-refractivity contribution in [1.82, 2.24) is 4.98 Å². The van der Waals surface area contributed by atoms with Gasteiger partial charge in [0.25, 0.3) is 0 Å². The zero-order valence-electron chi connectivity index (χ0n) is 22.2. The highest BCUT2D eigenvalue weighted by Crippen LogP contribution is 2.48. The predicted molar refractivity (Wildman–Crippen MR) is 153 cm³/mol. The van der Waals surface area contributed by atoms with Gasteiger partial charge in [-0.1, -0.05) is 86.6 Å². The van der Waals surface area contributed by atoms with Crippen molar-refractivity contribution in [3.8, 4) is 51.6 Å². The van der Waals surface area contributed by atoms with Gasteiger partial charge in [-0.15, -0.1) is 6.42 Å².